The van der Waals surface area contributed by atoms with E-state index in [1.54, 1.807) is 31.5 Å². The van der Waals surface area contributed by atoms with Crippen LogP contribution in [0, 0.1) is 10.1 Å². The van der Waals surface area contributed by atoms with Crippen LogP contribution in [0.2, 0.25) is 0 Å². The lowest BCUT2D eigenvalue weighted by molar-refractivity contribution is -0.384. The van der Waals surface area contributed by atoms with E-state index >= 15 is 0 Å². The molecule has 0 radical (unpaired) electrons. The fraction of sp³-hybridized carbons (Fsp3) is 0.158. The molecule has 0 unspecified atom stereocenters. The molecule has 10 nitrogen and oxygen atoms in total. The quantitative estimate of drug-likeness (QED) is 0.295. The van der Waals surface area contributed by atoms with Crippen molar-refractivity contribution < 1.29 is 14.5 Å². The lowest BCUT2D eigenvalue weighted by Crippen LogP contribution is -2.20. The van der Waals surface area contributed by atoms with E-state index in [2.05, 4.69) is 15.1 Å². The Morgan fingerprint density at radius 3 is 2.62 bits per heavy atom. The number of non-ortho nitro benzene ring substituents is 1. The number of hydrogen-bond donors (Lipinski definition) is 1. The van der Waals surface area contributed by atoms with E-state index in [4.69, 9.17) is 4.74 Å². The fourth-order valence-electron chi connectivity index (χ4n) is 2.77. The van der Waals surface area contributed by atoms with Gasteiger partial charge in [0, 0.05) is 18.3 Å². The first-order valence-electron chi connectivity index (χ1n) is 8.52. The summed E-state index contributed by atoms with van der Waals surface area (Å²) in [6.07, 6.45) is 2.99. The number of carbonyl (C=O) groups excluding carboxylic acids is 1. The average Bonchev–Trinajstić information content (AvgIpc) is 3.04. The van der Waals surface area contributed by atoms with Crippen molar-refractivity contribution in [2.45, 2.75) is 13.3 Å². The molecule has 0 aliphatic heterocycles. The van der Waals surface area contributed by atoms with Crippen molar-refractivity contribution in [1.82, 2.24) is 14.8 Å². The summed E-state index contributed by atoms with van der Waals surface area (Å²) in [5.41, 5.74) is 1.32. The molecule has 1 N–H and O–H groups in total. The highest BCUT2D eigenvalue weighted by atomic mass is 16.6. The average molecular weight is 395 g/mol. The largest absolute Gasteiger partial charge is 0.469 e. The smallest absolute Gasteiger partial charge is 0.311 e. The van der Waals surface area contributed by atoms with Crippen LogP contribution in [0.5, 0.6) is 0 Å². The van der Waals surface area contributed by atoms with Gasteiger partial charge in [-0.1, -0.05) is 0 Å². The number of ether oxygens (including phenoxy) is 1. The number of nitro benzene ring substituents is 1. The van der Waals surface area contributed by atoms with E-state index in [0.717, 1.165) is 0 Å². The fourth-order valence-corrected chi connectivity index (χ4v) is 2.77. The molecule has 0 spiro atoms. The van der Waals surface area contributed by atoms with Crippen molar-refractivity contribution in [3.63, 3.8) is 0 Å². The van der Waals surface area contributed by atoms with Crippen LogP contribution in [0.4, 0.5) is 11.4 Å². The van der Waals surface area contributed by atoms with Gasteiger partial charge in [0.15, 0.2) is 0 Å². The minimum atomic E-state index is -0.530. The number of methoxy groups -OCH3 is 1. The molecule has 2 aromatic heterocycles. The van der Waals surface area contributed by atoms with Crippen molar-refractivity contribution >= 4 is 23.1 Å². The van der Waals surface area contributed by atoms with Gasteiger partial charge >= 0.3 is 5.97 Å². The number of rotatable bonds is 6. The van der Waals surface area contributed by atoms with Gasteiger partial charge in [-0.3, -0.25) is 34.8 Å². The van der Waals surface area contributed by atoms with E-state index in [1.807, 2.05) is 0 Å². The first-order chi connectivity index (χ1) is 13.9. The Hall–Kier alpha value is -4.08. The molecule has 0 aliphatic rings. The van der Waals surface area contributed by atoms with Gasteiger partial charge in [-0.05, 0) is 31.2 Å². The van der Waals surface area contributed by atoms with Crippen molar-refractivity contribution in [3.05, 3.63) is 80.5 Å². The Balaban J connectivity index is 2.11. The third-order valence-electron chi connectivity index (χ3n) is 4.14. The van der Waals surface area contributed by atoms with Crippen LogP contribution >= 0.6 is 0 Å². The molecule has 148 valence electrons. The van der Waals surface area contributed by atoms with E-state index in [9.17, 15) is 19.7 Å². The number of aromatic amines is 1. The Morgan fingerprint density at radius 1 is 1.31 bits per heavy atom. The zero-order chi connectivity index (χ0) is 21.0. The second-order valence-corrected chi connectivity index (χ2v) is 6.04. The molecule has 0 amide bonds. The number of aromatic nitrogens is 3. The summed E-state index contributed by atoms with van der Waals surface area (Å²) in [5.74, 6) is -0.530. The van der Waals surface area contributed by atoms with E-state index < -0.39 is 16.5 Å². The molecule has 1 aromatic carbocycles. The summed E-state index contributed by atoms with van der Waals surface area (Å²) < 4.78 is 5.92. The van der Waals surface area contributed by atoms with Gasteiger partial charge in [0.1, 0.15) is 0 Å². The predicted molar refractivity (Wildman–Crippen MR) is 105 cm³/mol. The minimum absolute atomic E-state index is 0.0994. The van der Waals surface area contributed by atoms with Gasteiger partial charge in [-0.15, -0.1) is 0 Å². The van der Waals surface area contributed by atoms with Crippen LogP contribution in [0.25, 0.3) is 5.69 Å². The Bertz CT molecular complexity index is 1130. The minimum Gasteiger partial charge on any atom is -0.469 e. The first kappa shape index (κ1) is 19.7. The summed E-state index contributed by atoms with van der Waals surface area (Å²) in [4.78, 5) is 43.6. The zero-order valence-electron chi connectivity index (χ0n) is 15.7. The Labute approximate surface area is 164 Å². The van der Waals surface area contributed by atoms with Gasteiger partial charge in [-0.2, -0.15) is 0 Å². The lowest BCUT2D eigenvalue weighted by atomic mass is 10.1. The summed E-state index contributed by atoms with van der Waals surface area (Å²) in [5, 5.41) is 13.7. The second-order valence-electron chi connectivity index (χ2n) is 6.04. The monoisotopic (exact) mass is 395 g/mol. The zero-order valence-corrected chi connectivity index (χ0v) is 15.7. The standard InChI is InChI=1S/C19H17N5O5/c1-12(21-13-4-3-9-20-11-13)18-16(10-17(25)29-2)22-23(19(18)26)14-5-7-15(8-6-14)24(27)28/h3-9,11,22H,10H2,1-2H3. The first-order valence-corrected chi connectivity index (χ1v) is 8.52. The van der Waals surface area contributed by atoms with Gasteiger partial charge in [0.25, 0.3) is 11.2 Å². The maximum Gasteiger partial charge on any atom is 0.311 e. The van der Waals surface area contributed by atoms with E-state index in [0.29, 0.717) is 22.8 Å². The van der Waals surface area contributed by atoms with Crippen molar-refractivity contribution in [2.24, 2.45) is 4.99 Å². The molecule has 0 fully saturated rings. The molecule has 3 aromatic rings. The van der Waals surface area contributed by atoms with E-state index in [-0.39, 0.29) is 17.7 Å². The van der Waals surface area contributed by atoms with Crippen LogP contribution in [0.15, 0.2) is 58.6 Å². The number of esters is 1. The molecule has 0 saturated carbocycles. The highest BCUT2D eigenvalue weighted by Crippen LogP contribution is 2.17. The molecular weight excluding hydrogens is 378 g/mol. The third-order valence-corrected chi connectivity index (χ3v) is 4.14. The number of nitro groups is 1. The highest BCUT2D eigenvalue weighted by Gasteiger charge is 2.20. The summed E-state index contributed by atoms with van der Waals surface area (Å²) >= 11 is 0. The number of aliphatic imine (C=N–C) groups is 1. The van der Waals surface area contributed by atoms with Crippen LogP contribution in [-0.2, 0) is 16.0 Å². The SMILES string of the molecule is COC(=O)Cc1[nH]n(-c2ccc([N+](=O)[O-])cc2)c(=O)c1C(C)=Nc1cccnc1. The molecule has 0 bridgehead atoms. The number of pyridine rings is 1. The molecule has 0 saturated heterocycles. The molecular formula is C19H17N5O5. The van der Waals surface area contributed by atoms with Gasteiger partial charge in [0.2, 0.25) is 0 Å². The van der Waals surface area contributed by atoms with Crippen LogP contribution in [0.1, 0.15) is 18.2 Å². The molecule has 0 atom stereocenters. The highest BCUT2D eigenvalue weighted by molar-refractivity contribution is 6.01. The van der Waals surface area contributed by atoms with Gasteiger partial charge in [0.05, 0.1) is 53.0 Å². The van der Waals surface area contributed by atoms with Crippen LogP contribution < -0.4 is 5.56 Å². The van der Waals surface area contributed by atoms with E-state index in [1.165, 1.54) is 36.1 Å². The van der Waals surface area contributed by atoms with Crippen LogP contribution in [-0.4, -0.2) is 38.5 Å². The predicted octanol–water partition coefficient (Wildman–Crippen LogP) is 2.33. The summed E-state index contributed by atoms with van der Waals surface area (Å²) in [7, 11) is 1.25. The number of nitrogens with zero attached hydrogens (tertiary/aromatic N) is 4. The van der Waals surface area contributed by atoms with Crippen molar-refractivity contribution in [2.75, 3.05) is 7.11 Å². The maximum atomic E-state index is 13.1. The maximum absolute atomic E-state index is 13.1. The van der Waals surface area contributed by atoms with Crippen molar-refractivity contribution in [3.8, 4) is 5.69 Å². The topological polar surface area (TPSA) is 132 Å². The second kappa shape index (κ2) is 8.30. The third kappa shape index (κ3) is 4.26. The lowest BCUT2D eigenvalue weighted by Gasteiger charge is -2.02. The molecule has 29 heavy (non-hydrogen) atoms. The Morgan fingerprint density at radius 2 is 2.03 bits per heavy atom. The van der Waals surface area contributed by atoms with Crippen molar-refractivity contribution in [1.29, 1.82) is 0 Å². The van der Waals surface area contributed by atoms with Gasteiger partial charge in [-0.25, -0.2) is 4.68 Å². The molecule has 10 heteroatoms. The Kier molecular flexibility index (Phi) is 5.63. The number of carbonyl (C=O) groups is 1. The molecule has 0 aliphatic carbocycles. The van der Waals surface area contributed by atoms with Gasteiger partial charge < -0.3 is 4.74 Å². The number of benzene rings is 1. The number of nitrogens with one attached hydrogen (secondary N) is 1. The normalized spacial score (nSPS) is 11.3. The molecule has 3 rings (SSSR count). The number of hydrogen-bond acceptors (Lipinski definition) is 7. The summed E-state index contributed by atoms with van der Waals surface area (Å²) in [6.45, 7) is 1.65. The van der Waals surface area contributed by atoms with Crippen LogP contribution in [0.3, 0.4) is 0 Å². The summed E-state index contributed by atoms with van der Waals surface area (Å²) in [6, 6.07) is 8.91. The molecule has 2 heterocycles. The number of H-pyrrole nitrogens is 1.